The molecule has 2 aromatic rings. The number of carbonyl (C=O) groups excluding carboxylic acids is 2. The first-order chi connectivity index (χ1) is 14.9. The molecule has 1 aliphatic heterocycles. The van der Waals surface area contributed by atoms with E-state index in [1.54, 1.807) is 0 Å². The lowest BCUT2D eigenvalue weighted by Crippen LogP contribution is -2.33. The molecular weight excluding hydrogens is 452 g/mol. The van der Waals surface area contributed by atoms with Crippen LogP contribution in [-0.2, 0) is 4.79 Å². The van der Waals surface area contributed by atoms with Crippen molar-refractivity contribution in [1.29, 1.82) is 0 Å². The van der Waals surface area contributed by atoms with Crippen molar-refractivity contribution in [1.82, 2.24) is 4.90 Å². The number of ketones is 1. The molecule has 0 atom stereocenters. The predicted molar refractivity (Wildman–Crippen MR) is 131 cm³/mol. The molecule has 2 aromatic carbocycles. The van der Waals surface area contributed by atoms with Crippen LogP contribution in [0.1, 0.15) is 67.8 Å². The second-order valence-electron chi connectivity index (χ2n) is 8.75. The van der Waals surface area contributed by atoms with Gasteiger partial charge >= 0.3 is 0 Å². The molecule has 1 heterocycles. The van der Waals surface area contributed by atoms with Crippen LogP contribution >= 0.6 is 15.9 Å². The van der Waals surface area contributed by atoms with Crippen LogP contribution in [0.15, 0.2) is 53.0 Å². The number of nitrogens with zero attached hydrogens (tertiary/aromatic N) is 1. The maximum Gasteiger partial charge on any atom is 0.226 e. The van der Waals surface area contributed by atoms with Gasteiger partial charge in [0.05, 0.1) is 0 Å². The first kappa shape index (κ1) is 23.7. The van der Waals surface area contributed by atoms with Crippen molar-refractivity contribution < 1.29 is 9.59 Å². The molecule has 0 spiro atoms. The summed E-state index contributed by atoms with van der Waals surface area (Å²) in [6.07, 6.45) is 4.86. The zero-order valence-corrected chi connectivity index (χ0v) is 20.2. The average molecular weight is 485 g/mol. The van der Waals surface area contributed by atoms with Crippen molar-refractivity contribution in [3.8, 4) is 0 Å². The third-order valence-electron chi connectivity index (χ3n) is 6.04. The average Bonchev–Trinajstić information content (AvgIpc) is 2.77. The molecule has 166 valence electrons. The number of halogens is 1. The number of Topliss-reactive ketones (excluding diaryl/α,β-unsaturated/α-hetero) is 1. The van der Waals surface area contributed by atoms with E-state index in [1.807, 2.05) is 50.2 Å². The van der Waals surface area contributed by atoms with Gasteiger partial charge in [-0.2, -0.15) is 0 Å². The number of unbranched alkanes of at least 4 members (excludes halogenated alkanes) is 1. The van der Waals surface area contributed by atoms with Gasteiger partial charge in [-0.15, -0.1) is 0 Å². The standard InChI is InChI=1S/C26H33BrN2O2/c1-19(2)26(31)28-22-9-7-8-21(18-22)20-13-16-29(17-14-20)15-6-5-12-25(30)23-10-3-4-11-24(23)27/h3-4,7-11,18-20H,5-6,12-17H2,1-2H3,(H,28,31). The van der Waals surface area contributed by atoms with Gasteiger partial charge in [0.2, 0.25) is 5.91 Å². The Morgan fingerprint density at radius 2 is 1.81 bits per heavy atom. The van der Waals surface area contributed by atoms with Gasteiger partial charge in [0, 0.05) is 28.1 Å². The van der Waals surface area contributed by atoms with Crippen molar-refractivity contribution in [3.05, 3.63) is 64.1 Å². The highest BCUT2D eigenvalue weighted by Gasteiger charge is 2.21. The van der Waals surface area contributed by atoms with Gasteiger partial charge in [-0.3, -0.25) is 9.59 Å². The number of nitrogens with one attached hydrogen (secondary N) is 1. The summed E-state index contributed by atoms with van der Waals surface area (Å²) < 4.78 is 0.884. The van der Waals surface area contributed by atoms with Crippen LogP contribution < -0.4 is 5.32 Å². The lowest BCUT2D eigenvalue weighted by Gasteiger charge is -2.32. The fourth-order valence-corrected chi connectivity index (χ4v) is 4.60. The summed E-state index contributed by atoms with van der Waals surface area (Å²) in [5.41, 5.74) is 3.00. The summed E-state index contributed by atoms with van der Waals surface area (Å²) in [5.74, 6) is 0.807. The van der Waals surface area contributed by atoms with E-state index < -0.39 is 0 Å². The molecule has 0 radical (unpaired) electrons. The fraction of sp³-hybridized carbons (Fsp3) is 0.462. The molecule has 0 unspecified atom stereocenters. The van der Waals surface area contributed by atoms with E-state index in [9.17, 15) is 9.59 Å². The Labute approximate surface area is 194 Å². The number of carbonyl (C=O) groups is 2. The maximum atomic E-state index is 12.4. The van der Waals surface area contributed by atoms with Gasteiger partial charge in [-0.25, -0.2) is 0 Å². The van der Waals surface area contributed by atoms with Crippen LogP contribution in [0.25, 0.3) is 0 Å². The van der Waals surface area contributed by atoms with Crippen molar-refractivity contribution >= 4 is 33.3 Å². The maximum absolute atomic E-state index is 12.4. The first-order valence-electron chi connectivity index (χ1n) is 11.3. The predicted octanol–water partition coefficient (Wildman–Crippen LogP) is 6.28. The van der Waals surface area contributed by atoms with E-state index in [0.29, 0.717) is 12.3 Å². The van der Waals surface area contributed by atoms with Crippen LogP contribution in [0.2, 0.25) is 0 Å². The van der Waals surface area contributed by atoms with Gasteiger partial charge < -0.3 is 10.2 Å². The smallest absolute Gasteiger partial charge is 0.226 e. The number of rotatable bonds is 9. The highest BCUT2D eigenvalue weighted by Crippen LogP contribution is 2.30. The summed E-state index contributed by atoms with van der Waals surface area (Å²) in [6, 6.07) is 16.0. The molecule has 0 aliphatic carbocycles. The molecular formula is C26H33BrN2O2. The van der Waals surface area contributed by atoms with E-state index in [4.69, 9.17) is 0 Å². The summed E-state index contributed by atoms with van der Waals surface area (Å²) in [4.78, 5) is 26.9. The van der Waals surface area contributed by atoms with Gasteiger partial charge in [0.25, 0.3) is 0 Å². The molecule has 1 saturated heterocycles. The number of anilines is 1. The monoisotopic (exact) mass is 484 g/mol. The summed E-state index contributed by atoms with van der Waals surface area (Å²) in [5, 5.41) is 3.01. The third-order valence-corrected chi connectivity index (χ3v) is 6.73. The number of amides is 1. The van der Waals surface area contributed by atoms with Crippen LogP contribution in [0.4, 0.5) is 5.69 Å². The van der Waals surface area contributed by atoms with Crippen molar-refractivity contribution in [2.24, 2.45) is 5.92 Å². The molecule has 1 N–H and O–H groups in total. The minimum absolute atomic E-state index is 0.0172. The summed E-state index contributed by atoms with van der Waals surface area (Å²) in [7, 11) is 0. The highest BCUT2D eigenvalue weighted by molar-refractivity contribution is 9.10. The molecule has 3 rings (SSSR count). The first-order valence-corrected chi connectivity index (χ1v) is 12.1. The molecule has 5 heteroatoms. The second kappa shape index (κ2) is 11.6. The van der Waals surface area contributed by atoms with Crippen molar-refractivity contribution in [2.45, 2.75) is 51.9 Å². The molecule has 1 aliphatic rings. The van der Waals surface area contributed by atoms with E-state index >= 15 is 0 Å². The summed E-state index contributed by atoms with van der Waals surface area (Å²) in [6.45, 7) is 7.05. The number of likely N-dealkylation sites (tertiary alicyclic amines) is 1. The molecule has 0 bridgehead atoms. The zero-order chi connectivity index (χ0) is 22.2. The van der Waals surface area contributed by atoms with Crippen LogP contribution in [0, 0.1) is 5.92 Å². The number of benzene rings is 2. The van der Waals surface area contributed by atoms with E-state index in [1.165, 1.54) is 5.56 Å². The third kappa shape index (κ3) is 7.01. The number of hydrogen-bond donors (Lipinski definition) is 1. The Balaban J connectivity index is 1.39. The minimum Gasteiger partial charge on any atom is -0.326 e. The normalized spacial score (nSPS) is 15.2. The Hall–Kier alpha value is -1.98. The van der Waals surface area contributed by atoms with E-state index in [0.717, 1.165) is 61.0 Å². The van der Waals surface area contributed by atoms with Gasteiger partial charge in [0.1, 0.15) is 0 Å². The van der Waals surface area contributed by atoms with Gasteiger partial charge in [-0.05, 0) is 75.0 Å². The lowest BCUT2D eigenvalue weighted by atomic mass is 9.89. The largest absolute Gasteiger partial charge is 0.326 e. The molecule has 4 nitrogen and oxygen atoms in total. The van der Waals surface area contributed by atoms with Crippen LogP contribution in [0.5, 0.6) is 0 Å². The Morgan fingerprint density at radius 1 is 1.06 bits per heavy atom. The van der Waals surface area contributed by atoms with Crippen LogP contribution in [0.3, 0.4) is 0 Å². The minimum atomic E-state index is -0.0172. The Kier molecular flexibility index (Phi) is 8.85. The highest BCUT2D eigenvalue weighted by atomic mass is 79.9. The molecule has 1 amide bonds. The topological polar surface area (TPSA) is 49.4 Å². The van der Waals surface area contributed by atoms with Gasteiger partial charge in [0.15, 0.2) is 5.78 Å². The lowest BCUT2D eigenvalue weighted by molar-refractivity contribution is -0.118. The number of piperidine rings is 1. The zero-order valence-electron chi connectivity index (χ0n) is 18.6. The van der Waals surface area contributed by atoms with E-state index in [2.05, 4.69) is 38.3 Å². The molecule has 0 saturated carbocycles. The summed E-state index contributed by atoms with van der Waals surface area (Å²) >= 11 is 3.47. The molecule has 1 fully saturated rings. The fourth-order valence-electron chi connectivity index (χ4n) is 4.09. The van der Waals surface area contributed by atoms with Crippen molar-refractivity contribution in [2.75, 3.05) is 25.0 Å². The SMILES string of the molecule is CC(C)C(=O)Nc1cccc(C2CCN(CCCCC(=O)c3ccccc3Br)CC2)c1. The molecule has 31 heavy (non-hydrogen) atoms. The Morgan fingerprint density at radius 3 is 2.52 bits per heavy atom. The molecule has 0 aromatic heterocycles. The van der Waals surface area contributed by atoms with Crippen molar-refractivity contribution in [3.63, 3.8) is 0 Å². The quantitative estimate of drug-likeness (QED) is 0.336. The second-order valence-corrected chi connectivity index (χ2v) is 9.60. The van der Waals surface area contributed by atoms with Gasteiger partial charge in [-0.1, -0.05) is 60.1 Å². The van der Waals surface area contributed by atoms with Crippen LogP contribution in [-0.4, -0.2) is 36.2 Å². The Bertz CT molecular complexity index is 888. The van der Waals surface area contributed by atoms with E-state index in [-0.39, 0.29) is 17.6 Å². The number of hydrogen-bond acceptors (Lipinski definition) is 3.